The maximum absolute atomic E-state index is 5.98. The largest absolute Gasteiger partial charge is 0.390 e. The van der Waals surface area contributed by atoms with Crippen LogP contribution in [0.5, 0.6) is 0 Å². The Kier molecular flexibility index (Phi) is 2.54. The Morgan fingerprint density at radius 1 is 1.43 bits per heavy atom. The summed E-state index contributed by atoms with van der Waals surface area (Å²) in [6, 6.07) is 0.590. The minimum Gasteiger partial charge on any atom is -0.390 e. The van der Waals surface area contributed by atoms with E-state index in [1.165, 1.54) is 35.3 Å². The first-order valence-corrected chi connectivity index (χ1v) is 5.97. The van der Waals surface area contributed by atoms with Crippen LogP contribution in [-0.2, 0) is 6.42 Å². The summed E-state index contributed by atoms with van der Waals surface area (Å²) in [7, 11) is 4.32. The Morgan fingerprint density at radius 2 is 2.14 bits per heavy atom. The number of hydrogen-bond donors (Lipinski definition) is 1. The van der Waals surface area contributed by atoms with Crippen molar-refractivity contribution in [2.45, 2.75) is 32.2 Å². The predicted octanol–water partition coefficient (Wildman–Crippen LogP) is 2.58. The zero-order chi connectivity index (χ0) is 10.3. The lowest BCUT2D eigenvalue weighted by Crippen LogP contribution is -2.23. The zero-order valence-electron chi connectivity index (χ0n) is 9.13. The standard InChI is InChI=1S/C11H18N2S/c1-7-10-8(13(2)3)5-4-6-9(10)14-11(7)12/h8H,4-6,12H2,1-3H3. The SMILES string of the molecule is Cc1c(N)sc2c1C(N(C)C)CCC2. The smallest absolute Gasteiger partial charge is 0.0892 e. The molecule has 78 valence electrons. The normalized spacial score (nSPS) is 21.3. The summed E-state index contributed by atoms with van der Waals surface area (Å²) in [6.45, 7) is 2.16. The van der Waals surface area contributed by atoms with Gasteiger partial charge in [0.2, 0.25) is 0 Å². The molecule has 1 aliphatic rings. The molecule has 0 saturated heterocycles. The van der Waals surface area contributed by atoms with Gasteiger partial charge >= 0.3 is 0 Å². The Labute approximate surface area is 89.7 Å². The minimum atomic E-state index is 0.590. The lowest BCUT2D eigenvalue weighted by Gasteiger charge is -2.29. The van der Waals surface area contributed by atoms with Crippen LogP contribution in [0.15, 0.2) is 0 Å². The van der Waals surface area contributed by atoms with Crippen molar-refractivity contribution in [2.24, 2.45) is 0 Å². The van der Waals surface area contributed by atoms with Crippen molar-refractivity contribution in [1.82, 2.24) is 4.90 Å². The van der Waals surface area contributed by atoms with Crippen LogP contribution in [0.2, 0.25) is 0 Å². The molecular weight excluding hydrogens is 192 g/mol. The van der Waals surface area contributed by atoms with Crippen molar-refractivity contribution in [1.29, 1.82) is 0 Å². The van der Waals surface area contributed by atoms with Crippen molar-refractivity contribution in [3.8, 4) is 0 Å². The van der Waals surface area contributed by atoms with Crippen LogP contribution < -0.4 is 5.73 Å². The number of nitrogens with two attached hydrogens (primary N) is 1. The van der Waals surface area contributed by atoms with Crippen LogP contribution in [0.4, 0.5) is 5.00 Å². The second kappa shape index (κ2) is 3.55. The molecule has 14 heavy (non-hydrogen) atoms. The lowest BCUT2D eigenvalue weighted by molar-refractivity contribution is 0.269. The summed E-state index contributed by atoms with van der Waals surface area (Å²) in [5.41, 5.74) is 8.82. The summed E-state index contributed by atoms with van der Waals surface area (Å²) in [5, 5.41) is 1.02. The molecule has 0 radical (unpaired) electrons. The summed E-state index contributed by atoms with van der Waals surface area (Å²) in [5.74, 6) is 0. The van der Waals surface area contributed by atoms with Gasteiger partial charge in [0.15, 0.2) is 0 Å². The molecule has 3 heteroatoms. The second-order valence-electron chi connectivity index (χ2n) is 4.30. The van der Waals surface area contributed by atoms with Gasteiger partial charge in [-0.15, -0.1) is 11.3 Å². The second-order valence-corrected chi connectivity index (χ2v) is 5.44. The average molecular weight is 210 g/mol. The summed E-state index contributed by atoms with van der Waals surface area (Å²) in [6.07, 6.45) is 3.80. The fourth-order valence-electron chi connectivity index (χ4n) is 2.34. The van der Waals surface area contributed by atoms with Crippen molar-refractivity contribution in [3.63, 3.8) is 0 Å². The Hall–Kier alpha value is -0.540. The molecule has 2 nitrogen and oxygen atoms in total. The van der Waals surface area contributed by atoms with Gasteiger partial charge in [-0.3, -0.25) is 0 Å². The molecule has 0 aliphatic heterocycles. The highest BCUT2D eigenvalue weighted by atomic mass is 32.1. The third kappa shape index (κ3) is 1.44. The maximum atomic E-state index is 5.98. The van der Waals surface area contributed by atoms with E-state index in [9.17, 15) is 0 Å². The first-order valence-electron chi connectivity index (χ1n) is 5.15. The van der Waals surface area contributed by atoms with Gasteiger partial charge in [-0.2, -0.15) is 0 Å². The van der Waals surface area contributed by atoms with Crippen LogP contribution in [0.3, 0.4) is 0 Å². The first-order chi connectivity index (χ1) is 6.61. The molecule has 1 aromatic rings. The molecule has 0 amide bonds. The quantitative estimate of drug-likeness (QED) is 0.772. The van der Waals surface area contributed by atoms with E-state index in [1.54, 1.807) is 11.3 Å². The van der Waals surface area contributed by atoms with E-state index in [1.807, 2.05) is 0 Å². The molecule has 1 aromatic heterocycles. The zero-order valence-corrected chi connectivity index (χ0v) is 9.95. The number of anilines is 1. The third-order valence-corrected chi connectivity index (χ3v) is 4.34. The van der Waals surface area contributed by atoms with E-state index in [4.69, 9.17) is 5.73 Å². The molecule has 2 rings (SSSR count). The van der Waals surface area contributed by atoms with Gasteiger partial charge in [0.1, 0.15) is 0 Å². The van der Waals surface area contributed by atoms with E-state index in [0.717, 1.165) is 5.00 Å². The van der Waals surface area contributed by atoms with Gasteiger partial charge in [0, 0.05) is 10.9 Å². The molecule has 0 saturated carbocycles. The molecule has 1 heterocycles. The number of nitrogen functional groups attached to an aromatic ring is 1. The van der Waals surface area contributed by atoms with Crippen molar-refractivity contribution >= 4 is 16.3 Å². The van der Waals surface area contributed by atoms with E-state index >= 15 is 0 Å². The Morgan fingerprint density at radius 3 is 2.79 bits per heavy atom. The maximum Gasteiger partial charge on any atom is 0.0892 e. The topological polar surface area (TPSA) is 29.3 Å². The summed E-state index contributed by atoms with van der Waals surface area (Å²) >= 11 is 1.79. The molecule has 0 spiro atoms. The highest BCUT2D eigenvalue weighted by Gasteiger charge is 2.26. The van der Waals surface area contributed by atoms with Crippen LogP contribution >= 0.6 is 11.3 Å². The fraction of sp³-hybridized carbons (Fsp3) is 0.636. The number of aryl methyl sites for hydroxylation is 1. The van der Waals surface area contributed by atoms with Crippen LogP contribution in [0, 0.1) is 6.92 Å². The van der Waals surface area contributed by atoms with Gasteiger partial charge in [-0.25, -0.2) is 0 Å². The van der Waals surface area contributed by atoms with Gasteiger partial charge in [-0.1, -0.05) is 0 Å². The molecule has 0 fully saturated rings. The molecule has 1 unspecified atom stereocenters. The predicted molar refractivity (Wildman–Crippen MR) is 62.8 cm³/mol. The minimum absolute atomic E-state index is 0.590. The van der Waals surface area contributed by atoms with Crippen molar-refractivity contribution < 1.29 is 0 Å². The lowest BCUT2D eigenvalue weighted by atomic mass is 9.90. The van der Waals surface area contributed by atoms with E-state index in [-0.39, 0.29) is 0 Å². The van der Waals surface area contributed by atoms with Gasteiger partial charge in [0.25, 0.3) is 0 Å². The van der Waals surface area contributed by atoms with Crippen molar-refractivity contribution in [3.05, 3.63) is 16.0 Å². The molecule has 2 N–H and O–H groups in total. The molecule has 0 bridgehead atoms. The molecular formula is C11H18N2S. The highest BCUT2D eigenvalue weighted by molar-refractivity contribution is 7.16. The molecule has 1 aliphatic carbocycles. The van der Waals surface area contributed by atoms with Crippen LogP contribution in [-0.4, -0.2) is 19.0 Å². The Balaban J connectivity index is 2.47. The summed E-state index contributed by atoms with van der Waals surface area (Å²) in [4.78, 5) is 3.84. The molecule has 1 atom stereocenters. The summed E-state index contributed by atoms with van der Waals surface area (Å²) < 4.78 is 0. The van der Waals surface area contributed by atoms with E-state index < -0.39 is 0 Å². The number of rotatable bonds is 1. The van der Waals surface area contributed by atoms with Crippen molar-refractivity contribution in [2.75, 3.05) is 19.8 Å². The third-order valence-electron chi connectivity index (χ3n) is 3.15. The first kappa shape index (κ1) is 9.99. The van der Waals surface area contributed by atoms with Gasteiger partial charge < -0.3 is 10.6 Å². The van der Waals surface area contributed by atoms with Gasteiger partial charge in [0.05, 0.1) is 5.00 Å². The van der Waals surface area contributed by atoms with Crippen LogP contribution in [0.25, 0.3) is 0 Å². The van der Waals surface area contributed by atoms with Crippen LogP contribution in [0.1, 0.15) is 34.9 Å². The number of thiophene rings is 1. The van der Waals surface area contributed by atoms with E-state index in [0.29, 0.717) is 6.04 Å². The fourth-order valence-corrected chi connectivity index (χ4v) is 3.52. The number of hydrogen-bond acceptors (Lipinski definition) is 3. The number of nitrogens with zero attached hydrogens (tertiary/aromatic N) is 1. The highest BCUT2D eigenvalue weighted by Crippen LogP contribution is 2.42. The average Bonchev–Trinajstić information content (AvgIpc) is 2.43. The Bertz CT molecular complexity index is 341. The molecule has 0 aromatic carbocycles. The monoisotopic (exact) mass is 210 g/mol. The van der Waals surface area contributed by atoms with Gasteiger partial charge in [-0.05, 0) is 51.4 Å². The number of fused-ring (bicyclic) bond motifs is 1. The van der Waals surface area contributed by atoms with E-state index in [2.05, 4.69) is 25.9 Å².